The zero-order valence-corrected chi connectivity index (χ0v) is 27.4. The molecular weight excluding hydrogens is 760 g/mol. The number of carbonyl (C=O) groups excluding carboxylic acids is 4. The fraction of sp³-hybridized carbons (Fsp3) is 0.176. The van der Waals surface area contributed by atoms with Crippen molar-refractivity contribution in [2.24, 2.45) is 0 Å². The van der Waals surface area contributed by atoms with Crippen LogP contribution in [0.15, 0.2) is 24.3 Å². The number of rotatable bonds is 0. The monoisotopic (exact) mass is 784 g/mol. The Hall–Kier alpha value is -7.72. The summed E-state index contributed by atoms with van der Waals surface area (Å²) in [6.45, 7) is -1.09. The fourth-order valence-electron chi connectivity index (χ4n) is 6.42. The van der Waals surface area contributed by atoms with E-state index in [9.17, 15) is 85.6 Å². The molecule has 3 unspecified atom stereocenters. The highest BCUT2D eigenvalue weighted by molar-refractivity contribution is 6.09. The van der Waals surface area contributed by atoms with Gasteiger partial charge in [-0.1, -0.05) is 0 Å². The summed E-state index contributed by atoms with van der Waals surface area (Å²) in [5.41, 5.74) is -7.58. The van der Waals surface area contributed by atoms with Crippen molar-refractivity contribution in [3.05, 3.63) is 46.5 Å². The number of phenolic OH excluding ortho intramolecular Hbond substituents is 12. The van der Waals surface area contributed by atoms with Gasteiger partial charge in [-0.2, -0.15) is 0 Å². The molecule has 1 saturated heterocycles. The van der Waals surface area contributed by atoms with Crippen molar-refractivity contribution in [3.8, 4) is 91.2 Å². The van der Waals surface area contributed by atoms with Crippen molar-refractivity contribution in [1.29, 1.82) is 0 Å². The van der Waals surface area contributed by atoms with E-state index in [4.69, 9.17) is 23.7 Å². The van der Waals surface area contributed by atoms with Gasteiger partial charge in [-0.3, -0.25) is 0 Å². The highest BCUT2D eigenvalue weighted by atomic mass is 16.7. The molecule has 0 saturated carbocycles. The predicted molar refractivity (Wildman–Crippen MR) is 173 cm³/mol. The van der Waals surface area contributed by atoms with Gasteiger partial charge in [0.15, 0.2) is 70.6 Å². The number of carbonyl (C=O) groups is 4. The summed E-state index contributed by atoms with van der Waals surface area (Å²) >= 11 is 0. The third kappa shape index (κ3) is 5.34. The van der Waals surface area contributed by atoms with Gasteiger partial charge in [0.2, 0.25) is 23.0 Å². The lowest BCUT2D eigenvalue weighted by molar-refractivity contribution is -0.284. The van der Waals surface area contributed by atoms with Crippen LogP contribution in [0.1, 0.15) is 41.4 Å². The Labute approximate surface area is 308 Å². The van der Waals surface area contributed by atoms with Crippen LogP contribution < -0.4 is 0 Å². The van der Waals surface area contributed by atoms with Crippen molar-refractivity contribution in [1.82, 2.24) is 0 Å². The first-order valence-corrected chi connectivity index (χ1v) is 15.6. The van der Waals surface area contributed by atoms with Crippen molar-refractivity contribution in [2.75, 3.05) is 6.61 Å². The predicted octanol–water partition coefficient (Wildman–Crippen LogP) is 0.665. The summed E-state index contributed by atoms with van der Waals surface area (Å²) in [4.78, 5) is 55.1. The van der Waals surface area contributed by atoms with Crippen molar-refractivity contribution in [2.45, 2.75) is 30.7 Å². The quantitative estimate of drug-likeness (QED) is 0.0661. The maximum Gasteiger partial charge on any atom is 0.342 e. The van der Waals surface area contributed by atoms with Crippen LogP contribution in [-0.2, 0) is 23.7 Å². The minimum atomic E-state index is -2.42. The molecule has 0 amide bonds. The number of aliphatic hydroxyl groups is 1. The number of ether oxygens (including phenoxy) is 5. The molecule has 5 atom stereocenters. The Morgan fingerprint density at radius 1 is 0.411 bits per heavy atom. The number of cyclic esters (lactones) is 1. The minimum Gasteiger partial charge on any atom is -0.504 e. The highest BCUT2D eigenvalue weighted by Gasteiger charge is 2.54. The summed E-state index contributed by atoms with van der Waals surface area (Å²) < 4.78 is 27.1. The second kappa shape index (κ2) is 12.7. The van der Waals surface area contributed by atoms with Crippen LogP contribution in [0.3, 0.4) is 0 Å². The van der Waals surface area contributed by atoms with Gasteiger partial charge < -0.3 is 90.1 Å². The molecule has 22 nitrogen and oxygen atoms in total. The first-order valence-electron chi connectivity index (χ1n) is 15.6. The Bertz CT molecular complexity index is 2440. The van der Waals surface area contributed by atoms with E-state index in [1.807, 2.05) is 0 Å². The van der Waals surface area contributed by atoms with Gasteiger partial charge in [-0.15, -0.1) is 0 Å². The number of aromatic hydroxyl groups is 12. The van der Waals surface area contributed by atoms with Crippen LogP contribution in [0.2, 0.25) is 0 Å². The number of hydrogen-bond donors (Lipinski definition) is 13. The van der Waals surface area contributed by atoms with Gasteiger partial charge in [0.1, 0.15) is 18.3 Å². The van der Waals surface area contributed by atoms with Crippen LogP contribution >= 0.6 is 0 Å². The standard InChI is InChI=1S/C34H24O22/c35-11-2-7-15(23(43)20(11)40)6-1-10(19(39)26(46)18(6)38)30(47)52-5-14-27(54-31(7)48)28-29(34(51)53-14)56-33(50)9-4-13(37)22(42)25(45)17(9)16-8(32(49)55-28)3-12(36)21(41)24(16)44/h1-4,14,27-29,34-46,51H,5H2/t14?,27-,28+,29?,34?/m1/s1. The second-order valence-corrected chi connectivity index (χ2v) is 12.3. The topological polar surface area (TPSA) is 377 Å². The lowest BCUT2D eigenvalue weighted by Gasteiger charge is -2.43. The molecule has 2 bridgehead atoms. The first kappa shape index (κ1) is 36.6. The van der Waals surface area contributed by atoms with Crippen molar-refractivity contribution in [3.63, 3.8) is 0 Å². The molecule has 4 aromatic carbocycles. The number of aliphatic hydroxyl groups excluding tert-OH is 1. The summed E-state index contributed by atoms with van der Waals surface area (Å²) in [6, 6.07) is 2.07. The van der Waals surface area contributed by atoms with E-state index in [1.54, 1.807) is 0 Å². The van der Waals surface area contributed by atoms with Gasteiger partial charge in [0.25, 0.3) is 0 Å². The van der Waals surface area contributed by atoms with Gasteiger partial charge in [-0.25, -0.2) is 19.2 Å². The van der Waals surface area contributed by atoms with Gasteiger partial charge in [-0.05, 0) is 24.3 Å². The fourth-order valence-corrected chi connectivity index (χ4v) is 6.42. The van der Waals surface area contributed by atoms with E-state index in [0.717, 1.165) is 0 Å². The molecule has 292 valence electrons. The zero-order valence-electron chi connectivity index (χ0n) is 27.4. The van der Waals surface area contributed by atoms with E-state index in [2.05, 4.69) is 0 Å². The molecule has 56 heavy (non-hydrogen) atoms. The van der Waals surface area contributed by atoms with Gasteiger partial charge in [0, 0.05) is 22.3 Å². The smallest absolute Gasteiger partial charge is 0.342 e. The molecule has 3 aliphatic heterocycles. The third-order valence-corrected chi connectivity index (χ3v) is 9.13. The number of hydrogen-bond acceptors (Lipinski definition) is 22. The Morgan fingerprint density at radius 3 is 1.32 bits per heavy atom. The maximum absolute atomic E-state index is 14.0. The second-order valence-electron chi connectivity index (χ2n) is 12.3. The minimum absolute atomic E-state index is 0.472. The number of fused-ring (bicyclic) bond motifs is 10. The lowest BCUT2D eigenvalue weighted by Crippen LogP contribution is -2.62. The number of phenols is 12. The normalized spacial score (nSPS) is 21.8. The summed E-state index contributed by atoms with van der Waals surface area (Å²) in [5.74, 6) is -22.0. The third-order valence-electron chi connectivity index (χ3n) is 9.13. The lowest BCUT2D eigenvalue weighted by atomic mass is 9.91. The zero-order chi connectivity index (χ0) is 40.8. The van der Waals surface area contributed by atoms with E-state index in [0.29, 0.717) is 24.3 Å². The Kier molecular flexibility index (Phi) is 8.31. The van der Waals surface area contributed by atoms with E-state index < -0.39 is 175 Å². The van der Waals surface area contributed by atoms with Crippen LogP contribution in [0.5, 0.6) is 69.0 Å². The number of esters is 4. The molecule has 0 spiro atoms. The molecular formula is C34H24O22. The summed E-state index contributed by atoms with van der Waals surface area (Å²) in [7, 11) is 0. The van der Waals surface area contributed by atoms with E-state index in [-0.39, 0.29) is 0 Å². The molecule has 0 radical (unpaired) electrons. The molecule has 1 fully saturated rings. The molecule has 3 heterocycles. The Morgan fingerprint density at radius 2 is 0.821 bits per heavy atom. The van der Waals surface area contributed by atoms with Crippen LogP contribution in [0.4, 0.5) is 0 Å². The van der Waals surface area contributed by atoms with Crippen molar-refractivity contribution < 1.29 is 109 Å². The van der Waals surface area contributed by atoms with Crippen LogP contribution in [0, 0.1) is 0 Å². The van der Waals surface area contributed by atoms with E-state index in [1.165, 1.54) is 0 Å². The summed E-state index contributed by atoms with van der Waals surface area (Å²) in [6.07, 6.45) is -11.2. The average Bonchev–Trinajstić information content (AvgIpc) is 3.15. The molecule has 7 rings (SSSR count). The van der Waals surface area contributed by atoms with Crippen molar-refractivity contribution >= 4 is 23.9 Å². The van der Waals surface area contributed by atoms with Crippen LogP contribution in [0.25, 0.3) is 22.3 Å². The van der Waals surface area contributed by atoms with Crippen LogP contribution in [-0.4, -0.2) is 128 Å². The molecule has 3 aliphatic rings. The SMILES string of the molecule is O=C1OCC2OC(O)C3OC(=O)c4cc(O)c(O)c(O)c4-c4c(cc(O)c(O)c4O)C(=O)O[C@H]3[C@@H]2OC(=O)c2cc(O)c(O)c(O)c2-c2cc1c(O)c(O)c2O. The highest BCUT2D eigenvalue weighted by Crippen LogP contribution is 2.54. The van der Waals surface area contributed by atoms with Gasteiger partial charge >= 0.3 is 23.9 Å². The molecule has 22 heteroatoms. The largest absolute Gasteiger partial charge is 0.504 e. The maximum atomic E-state index is 14.0. The number of benzene rings is 4. The average molecular weight is 785 g/mol. The van der Waals surface area contributed by atoms with Gasteiger partial charge in [0.05, 0.1) is 16.7 Å². The molecule has 0 aromatic heterocycles. The Balaban J connectivity index is 1.44. The first-order chi connectivity index (χ1) is 26.3. The molecule has 0 aliphatic carbocycles. The van der Waals surface area contributed by atoms with E-state index >= 15 is 0 Å². The summed E-state index contributed by atoms with van der Waals surface area (Å²) in [5, 5.41) is 137. The molecule has 13 N–H and O–H groups in total. The molecule has 4 aromatic rings.